The van der Waals surface area contributed by atoms with Crippen LogP contribution in [0.15, 0.2) is 97.1 Å². The number of halogens is 6. The maximum Gasteiger partial charge on any atom is 0.416 e. The Hall–Kier alpha value is -3.67. The first-order valence-corrected chi connectivity index (χ1v) is 10.9. The second kappa shape index (κ2) is 7.94. The van der Waals surface area contributed by atoms with E-state index in [2.05, 4.69) is 0 Å². The fraction of sp³-hybridized carbons (Fsp3) is 0.138. The Morgan fingerprint density at radius 1 is 0.543 bits per heavy atom. The van der Waals surface area contributed by atoms with Crippen LogP contribution in [0, 0.1) is 5.92 Å². The summed E-state index contributed by atoms with van der Waals surface area (Å²) in [7, 11) is 0. The van der Waals surface area contributed by atoms with Crippen LogP contribution in [-0.2, 0) is 17.8 Å². The van der Waals surface area contributed by atoms with E-state index in [0.717, 1.165) is 52.4 Å². The first-order valence-electron chi connectivity index (χ1n) is 10.9. The van der Waals surface area contributed by atoms with Crippen LogP contribution in [0.25, 0.3) is 11.1 Å². The van der Waals surface area contributed by atoms with E-state index >= 15 is 0 Å². The minimum atomic E-state index is -4.50. The van der Waals surface area contributed by atoms with Gasteiger partial charge in [0.05, 0.1) is 22.6 Å². The van der Waals surface area contributed by atoms with Crippen LogP contribution < -0.4 is 0 Å². The van der Waals surface area contributed by atoms with Crippen molar-refractivity contribution in [1.29, 1.82) is 0 Å². The minimum absolute atomic E-state index is 0.546. The maximum atomic E-state index is 13.3. The average Bonchev–Trinajstić information content (AvgIpc) is 2.84. The molecule has 0 saturated heterocycles. The van der Waals surface area contributed by atoms with Crippen LogP contribution in [0.4, 0.5) is 26.3 Å². The molecule has 0 unspecified atom stereocenters. The molecule has 0 aromatic heterocycles. The Bertz CT molecular complexity index is 1300. The molecule has 35 heavy (non-hydrogen) atoms. The van der Waals surface area contributed by atoms with Gasteiger partial charge in [-0.3, -0.25) is 0 Å². The quantitative estimate of drug-likeness (QED) is 0.198. The molecule has 0 heterocycles. The molecule has 0 aliphatic heterocycles. The van der Waals surface area contributed by atoms with Crippen molar-refractivity contribution in [2.45, 2.75) is 24.7 Å². The van der Waals surface area contributed by atoms with Gasteiger partial charge in [-0.2, -0.15) is 26.3 Å². The highest BCUT2D eigenvalue weighted by Crippen LogP contribution is 2.56. The van der Waals surface area contributed by atoms with E-state index in [1.807, 2.05) is 55.5 Å². The number of rotatable bonds is 2. The van der Waals surface area contributed by atoms with Crippen molar-refractivity contribution < 1.29 is 26.3 Å². The third kappa shape index (κ3) is 3.59. The second-order valence-electron chi connectivity index (χ2n) is 8.62. The summed E-state index contributed by atoms with van der Waals surface area (Å²) in [5.74, 6) is 0.825. The summed E-state index contributed by atoms with van der Waals surface area (Å²) < 4.78 is 80.0. The molecule has 0 radical (unpaired) electrons. The largest absolute Gasteiger partial charge is 0.416 e. The Morgan fingerprint density at radius 2 is 0.971 bits per heavy atom. The van der Waals surface area contributed by atoms with Gasteiger partial charge in [-0.1, -0.05) is 42.5 Å². The summed E-state index contributed by atoms with van der Waals surface area (Å²) in [5.41, 5.74) is 1.98. The normalized spacial score (nSPS) is 14.9. The lowest BCUT2D eigenvalue weighted by Gasteiger charge is -2.41. The van der Waals surface area contributed by atoms with Crippen LogP contribution in [0.3, 0.4) is 0 Å². The van der Waals surface area contributed by atoms with Gasteiger partial charge < -0.3 is 0 Å². The topological polar surface area (TPSA) is 0 Å². The lowest BCUT2D eigenvalue weighted by Crippen LogP contribution is -2.39. The fourth-order valence-corrected chi connectivity index (χ4v) is 5.22. The molecule has 6 heteroatoms. The van der Waals surface area contributed by atoms with E-state index < -0.39 is 28.9 Å². The smallest absolute Gasteiger partial charge is 0.166 e. The van der Waals surface area contributed by atoms with Gasteiger partial charge in [-0.25, -0.2) is 0 Å². The van der Waals surface area contributed by atoms with E-state index in [9.17, 15) is 26.3 Å². The van der Waals surface area contributed by atoms with Crippen LogP contribution in [0.2, 0.25) is 0 Å². The SMILES string of the molecule is C[C+]1c2ccccc2-c2ccccc2C1(c1ccc(C(F)(F)F)cc1)c1ccc(C(F)(F)F)cc1. The highest BCUT2D eigenvalue weighted by molar-refractivity contribution is 5.83. The molecule has 1 aliphatic rings. The number of hydrogen-bond donors (Lipinski definition) is 0. The molecule has 0 fully saturated rings. The summed E-state index contributed by atoms with van der Waals surface area (Å²) in [6.07, 6.45) is -9.01. The summed E-state index contributed by atoms with van der Waals surface area (Å²) in [6.45, 7) is 1.89. The van der Waals surface area contributed by atoms with Gasteiger partial charge in [0.15, 0.2) is 0 Å². The third-order valence-corrected chi connectivity index (χ3v) is 6.81. The number of fused-ring (bicyclic) bond motifs is 3. The van der Waals surface area contributed by atoms with Gasteiger partial charge >= 0.3 is 12.4 Å². The molecule has 0 nitrogen and oxygen atoms in total. The Balaban J connectivity index is 1.84. The van der Waals surface area contributed by atoms with Gasteiger partial charge in [0.2, 0.25) is 0 Å². The highest BCUT2D eigenvalue weighted by atomic mass is 19.4. The number of hydrogen-bond acceptors (Lipinski definition) is 0. The standard InChI is InChI=1S/C29H19F6/c1-18-23-6-2-3-7-24(23)25-8-4-5-9-26(25)27(18,19-10-14-21(15-11-19)28(30,31)32)20-12-16-22(17-13-20)29(33,34)35/h2-17H,1H3/q+1. The molecule has 0 N–H and O–H groups in total. The first-order chi connectivity index (χ1) is 16.5. The minimum Gasteiger partial charge on any atom is -0.166 e. The zero-order valence-corrected chi connectivity index (χ0v) is 18.5. The van der Waals surface area contributed by atoms with E-state index in [1.54, 1.807) is 0 Å². The zero-order chi connectivity index (χ0) is 25.0. The van der Waals surface area contributed by atoms with Crippen molar-refractivity contribution in [2.75, 3.05) is 0 Å². The molecule has 0 bridgehead atoms. The van der Waals surface area contributed by atoms with Crippen molar-refractivity contribution in [2.24, 2.45) is 0 Å². The van der Waals surface area contributed by atoms with Gasteiger partial charge in [-0.15, -0.1) is 0 Å². The van der Waals surface area contributed by atoms with Crippen LogP contribution >= 0.6 is 0 Å². The van der Waals surface area contributed by atoms with Gasteiger partial charge in [0, 0.05) is 30.2 Å². The third-order valence-electron chi connectivity index (χ3n) is 6.81. The van der Waals surface area contributed by atoms with Crippen molar-refractivity contribution >= 4 is 0 Å². The highest BCUT2D eigenvalue weighted by Gasteiger charge is 2.52. The lowest BCUT2D eigenvalue weighted by molar-refractivity contribution is -0.138. The predicted octanol–water partition coefficient (Wildman–Crippen LogP) is 8.68. The van der Waals surface area contributed by atoms with Crippen LogP contribution in [0.1, 0.15) is 40.3 Å². The van der Waals surface area contributed by atoms with Crippen molar-refractivity contribution in [3.05, 3.63) is 136 Å². The maximum absolute atomic E-state index is 13.3. The van der Waals surface area contributed by atoms with E-state index in [0.29, 0.717) is 11.1 Å². The molecule has 5 rings (SSSR count). The predicted molar refractivity (Wildman–Crippen MR) is 123 cm³/mol. The van der Waals surface area contributed by atoms with Gasteiger partial charge in [0.1, 0.15) is 11.0 Å². The van der Waals surface area contributed by atoms with Crippen molar-refractivity contribution in [1.82, 2.24) is 0 Å². The summed E-state index contributed by atoms with van der Waals surface area (Å²) >= 11 is 0. The molecule has 176 valence electrons. The Morgan fingerprint density at radius 3 is 1.46 bits per heavy atom. The average molecular weight is 481 g/mol. The van der Waals surface area contributed by atoms with Crippen LogP contribution in [0.5, 0.6) is 0 Å². The first kappa shape index (κ1) is 23.1. The molecule has 0 spiro atoms. The Labute approximate surface area is 198 Å². The second-order valence-corrected chi connectivity index (χ2v) is 8.62. The molecule has 4 aromatic carbocycles. The molecular weight excluding hydrogens is 462 g/mol. The summed E-state index contributed by atoms with van der Waals surface area (Å²) in [4.78, 5) is 0. The number of alkyl halides is 6. The van der Waals surface area contributed by atoms with E-state index in [4.69, 9.17) is 0 Å². The lowest BCUT2D eigenvalue weighted by atomic mass is 9.56. The Kier molecular flexibility index (Phi) is 5.24. The van der Waals surface area contributed by atoms with Gasteiger partial charge in [-0.05, 0) is 53.6 Å². The molecule has 1 aliphatic carbocycles. The van der Waals surface area contributed by atoms with E-state index in [1.165, 1.54) is 24.3 Å². The fourth-order valence-electron chi connectivity index (χ4n) is 5.22. The number of benzene rings is 4. The zero-order valence-electron chi connectivity index (χ0n) is 18.5. The van der Waals surface area contributed by atoms with Crippen molar-refractivity contribution in [3.8, 4) is 11.1 Å². The summed E-state index contributed by atoms with van der Waals surface area (Å²) in [6, 6.07) is 25.0. The van der Waals surface area contributed by atoms with E-state index in [-0.39, 0.29) is 0 Å². The molecule has 0 amide bonds. The molecule has 0 atom stereocenters. The summed E-state index contributed by atoms with van der Waals surface area (Å²) in [5, 5.41) is 0. The van der Waals surface area contributed by atoms with Crippen LogP contribution in [-0.4, -0.2) is 0 Å². The molecular formula is C29H19F6+. The van der Waals surface area contributed by atoms with Gasteiger partial charge in [0.25, 0.3) is 0 Å². The molecule has 0 saturated carbocycles. The molecule has 4 aromatic rings. The van der Waals surface area contributed by atoms with Crippen molar-refractivity contribution in [3.63, 3.8) is 0 Å². The monoisotopic (exact) mass is 481 g/mol.